The number of nitrogens with two attached hydrogens (primary N) is 1. The van der Waals surface area contributed by atoms with Crippen molar-refractivity contribution in [1.29, 1.82) is 0 Å². The molecule has 0 radical (unpaired) electrons. The average Bonchev–Trinajstić information content (AvgIpc) is 2.35. The lowest BCUT2D eigenvalue weighted by Crippen LogP contribution is -2.45. The number of carbonyl (C=O) groups is 1. The number of hydrogen-bond donors (Lipinski definition) is 1. The van der Waals surface area contributed by atoms with E-state index >= 15 is 0 Å². The van der Waals surface area contributed by atoms with Crippen LogP contribution in [0.1, 0.15) is 38.5 Å². The molecule has 2 fully saturated rings. The number of halogens is 3. The Morgan fingerprint density at radius 1 is 1.20 bits per heavy atom. The quantitative estimate of drug-likeness (QED) is 0.869. The molecule has 0 bridgehead atoms. The fourth-order valence-corrected chi connectivity index (χ4v) is 3.39. The van der Waals surface area contributed by atoms with Gasteiger partial charge in [-0.05, 0) is 44.4 Å². The van der Waals surface area contributed by atoms with Gasteiger partial charge in [0.25, 0.3) is 0 Å². The first-order valence-electron chi connectivity index (χ1n) is 7.34. The third-order valence-corrected chi connectivity index (χ3v) is 4.72. The molecule has 0 unspecified atom stereocenters. The van der Waals surface area contributed by atoms with Crippen molar-refractivity contribution in [2.24, 2.45) is 23.5 Å². The number of rotatable bonds is 3. The van der Waals surface area contributed by atoms with Crippen molar-refractivity contribution in [2.45, 2.75) is 50.7 Å². The van der Waals surface area contributed by atoms with E-state index < -0.39 is 12.1 Å². The van der Waals surface area contributed by atoms with Crippen molar-refractivity contribution in [3.05, 3.63) is 0 Å². The van der Waals surface area contributed by atoms with E-state index in [1.165, 1.54) is 0 Å². The summed E-state index contributed by atoms with van der Waals surface area (Å²) in [6.07, 6.45) is -1.34. The van der Waals surface area contributed by atoms with Crippen molar-refractivity contribution in [3.63, 3.8) is 0 Å². The van der Waals surface area contributed by atoms with Crippen molar-refractivity contribution in [2.75, 3.05) is 13.6 Å². The van der Waals surface area contributed by atoms with Crippen LogP contribution in [-0.4, -0.2) is 36.6 Å². The Morgan fingerprint density at radius 2 is 1.75 bits per heavy atom. The second kappa shape index (κ2) is 5.92. The highest BCUT2D eigenvalue weighted by molar-refractivity contribution is 5.78. The lowest BCUT2D eigenvalue weighted by Gasteiger charge is -2.37. The van der Waals surface area contributed by atoms with Gasteiger partial charge in [0.15, 0.2) is 0 Å². The normalized spacial score (nSPS) is 34.5. The second-order valence-electron chi connectivity index (χ2n) is 6.41. The molecule has 3 nitrogen and oxygen atoms in total. The maximum Gasteiger partial charge on any atom is 0.391 e. The van der Waals surface area contributed by atoms with E-state index in [1.807, 2.05) is 0 Å². The summed E-state index contributed by atoms with van der Waals surface area (Å²) in [6.45, 7) is 0.686. The van der Waals surface area contributed by atoms with Crippen molar-refractivity contribution < 1.29 is 18.0 Å². The number of carbonyl (C=O) groups excluding carboxylic acids is 1. The zero-order chi connectivity index (χ0) is 14.9. The molecule has 116 valence electrons. The fraction of sp³-hybridized carbons (Fsp3) is 0.929. The third kappa shape index (κ3) is 3.65. The molecule has 0 heterocycles. The summed E-state index contributed by atoms with van der Waals surface area (Å²) < 4.78 is 37.7. The number of alkyl halides is 3. The first-order chi connectivity index (χ1) is 9.27. The molecule has 0 spiro atoms. The SMILES string of the molecule is CN(CC1CC(N)C1)C(=O)C1CCC(C(F)(F)F)CC1. The Hall–Kier alpha value is -0.780. The van der Waals surface area contributed by atoms with Crippen molar-refractivity contribution in [3.8, 4) is 0 Å². The molecule has 2 saturated carbocycles. The molecular weight excluding hydrogens is 269 g/mol. The molecule has 0 aromatic rings. The van der Waals surface area contributed by atoms with Crippen LogP contribution in [0.15, 0.2) is 0 Å². The van der Waals surface area contributed by atoms with E-state index in [9.17, 15) is 18.0 Å². The van der Waals surface area contributed by atoms with E-state index in [1.54, 1.807) is 11.9 Å². The van der Waals surface area contributed by atoms with Crippen LogP contribution in [-0.2, 0) is 4.79 Å². The highest BCUT2D eigenvalue weighted by Crippen LogP contribution is 2.40. The zero-order valence-corrected chi connectivity index (χ0v) is 11.8. The van der Waals surface area contributed by atoms with Gasteiger partial charge in [-0.3, -0.25) is 4.79 Å². The number of nitrogens with zero attached hydrogens (tertiary/aromatic N) is 1. The predicted octanol–water partition coefficient (Wildman–Crippen LogP) is 2.55. The first-order valence-corrected chi connectivity index (χ1v) is 7.34. The van der Waals surface area contributed by atoms with Gasteiger partial charge in [-0.25, -0.2) is 0 Å². The van der Waals surface area contributed by atoms with Gasteiger partial charge in [-0.15, -0.1) is 0 Å². The monoisotopic (exact) mass is 292 g/mol. The molecule has 20 heavy (non-hydrogen) atoms. The van der Waals surface area contributed by atoms with E-state index in [0.717, 1.165) is 12.8 Å². The molecule has 0 saturated heterocycles. The summed E-state index contributed by atoms with van der Waals surface area (Å²) >= 11 is 0. The van der Waals surface area contributed by atoms with Crippen molar-refractivity contribution in [1.82, 2.24) is 4.90 Å². The molecule has 0 aliphatic heterocycles. The van der Waals surface area contributed by atoms with E-state index in [-0.39, 0.29) is 30.7 Å². The number of amides is 1. The van der Waals surface area contributed by atoms with Crippen LogP contribution in [0.5, 0.6) is 0 Å². The largest absolute Gasteiger partial charge is 0.391 e. The van der Waals surface area contributed by atoms with E-state index in [0.29, 0.717) is 25.3 Å². The molecule has 2 rings (SSSR count). The first kappa shape index (κ1) is 15.6. The van der Waals surface area contributed by atoms with Gasteiger partial charge in [-0.2, -0.15) is 13.2 Å². The molecule has 0 aromatic heterocycles. The van der Waals surface area contributed by atoms with Gasteiger partial charge in [0.1, 0.15) is 0 Å². The van der Waals surface area contributed by atoms with E-state index in [2.05, 4.69) is 0 Å². The molecule has 2 N–H and O–H groups in total. The van der Waals surface area contributed by atoms with Gasteiger partial charge in [0, 0.05) is 25.6 Å². The van der Waals surface area contributed by atoms with Gasteiger partial charge >= 0.3 is 6.18 Å². The summed E-state index contributed by atoms with van der Waals surface area (Å²) in [5.74, 6) is -0.981. The molecule has 2 aliphatic rings. The molecule has 1 amide bonds. The second-order valence-corrected chi connectivity index (χ2v) is 6.41. The Labute approximate surface area is 117 Å². The number of hydrogen-bond acceptors (Lipinski definition) is 2. The summed E-state index contributed by atoms with van der Waals surface area (Å²) in [5, 5.41) is 0. The summed E-state index contributed by atoms with van der Waals surface area (Å²) in [7, 11) is 1.75. The molecule has 0 atom stereocenters. The summed E-state index contributed by atoms with van der Waals surface area (Å²) in [4.78, 5) is 13.9. The van der Waals surface area contributed by atoms with Crippen LogP contribution in [0.2, 0.25) is 0 Å². The van der Waals surface area contributed by atoms with Crippen LogP contribution < -0.4 is 5.73 Å². The Balaban J connectivity index is 1.76. The van der Waals surface area contributed by atoms with Gasteiger partial charge in [-0.1, -0.05) is 0 Å². The molecular formula is C14H23F3N2O. The average molecular weight is 292 g/mol. The van der Waals surface area contributed by atoms with Crippen LogP contribution in [0, 0.1) is 17.8 Å². The topological polar surface area (TPSA) is 46.3 Å². The Kier molecular flexibility index (Phi) is 4.62. The highest BCUT2D eigenvalue weighted by atomic mass is 19.4. The minimum Gasteiger partial charge on any atom is -0.345 e. The Bertz CT molecular complexity index is 345. The van der Waals surface area contributed by atoms with Gasteiger partial charge in [0.2, 0.25) is 5.91 Å². The van der Waals surface area contributed by atoms with Crippen LogP contribution >= 0.6 is 0 Å². The molecule has 0 aromatic carbocycles. The van der Waals surface area contributed by atoms with E-state index in [4.69, 9.17) is 5.73 Å². The maximum atomic E-state index is 12.6. The minimum atomic E-state index is -4.11. The fourth-order valence-electron chi connectivity index (χ4n) is 3.39. The van der Waals surface area contributed by atoms with Gasteiger partial charge < -0.3 is 10.6 Å². The van der Waals surface area contributed by atoms with Crippen molar-refractivity contribution >= 4 is 5.91 Å². The zero-order valence-electron chi connectivity index (χ0n) is 11.8. The summed E-state index contributed by atoms with van der Waals surface area (Å²) in [6, 6.07) is 0.255. The molecule has 6 heteroatoms. The van der Waals surface area contributed by atoms with Crippen LogP contribution in [0.3, 0.4) is 0 Å². The maximum absolute atomic E-state index is 12.6. The smallest absolute Gasteiger partial charge is 0.345 e. The summed E-state index contributed by atoms with van der Waals surface area (Å²) in [5.41, 5.74) is 5.71. The standard InChI is InChI=1S/C14H23F3N2O/c1-19(8-9-6-12(18)7-9)13(20)10-2-4-11(5-3-10)14(15,16)17/h9-12H,2-8,18H2,1H3. The predicted molar refractivity (Wildman–Crippen MR) is 69.8 cm³/mol. The highest BCUT2D eigenvalue weighted by Gasteiger charge is 2.43. The Morgan fingerprint density at radius 3 is 2.20 bits per heavy atom. The van der Waals surface area contributed by atoms with Crippen LogP contribution in [0.4, 0.5) is 13.2 Å². The van der Waals surface area contributed by atoms with Crippen LogP contribution in [0.25, 0.3) is 0 Å². The lowest BCUT2D eigenvalue weighted by molar-refractivity contribution is -0.185. The van der Waals surface area contributed by atoms with Gasteiger partial charge in [0.05, 0.1) is 5.92 Å². The molecule has 2 aliphatic carbocycles. The minimum absolute atomic E-state index is 0.00564. The third-order valence-electron chi connectivity index (χ3n) is 4.72. The lowest BCUT2D eigenvalue weighted by atomic mass is 9.79.